The van der Waals surface area contributed by atoms with E-state index in [0.717, 1.165) is 11.1 Å². The molecular formula is C17H14N2O5. The fourth-order valence-electron chi connectivity index (χ4n) is 2.73. The molecule has 2 aromatic carbocycles. The minimum absolute atomic E-state index is 0.0133. The van der Waals surface area contributed by atoms with Gasteiger partial charge in [-0.25, -0.2) is 0 Å². The van der Waals surface area contributed by atoms with E-state index in [1.807, 2.05) is 0 Å². The third-order valence-electron chi connectivity index (χ3n) is 4.06. The molecule has 3 rings (SSSR count). The molecule has 0 saturated carbocycles. The molecule has 0 radical (unpaired) electrons. The van der Waals surface area contributed by atoms with E-state index in [9.17, 15) is 19.7 Å². The lowest BCUT2D eigenvalue weighted by Crippen LogP contribution is -2.25. The van der Waals surface area contributed by atoms with Crippen LogP contribution in [0.4, 0.5) is 11.4 Å². The summed E-state index contributed by atoms with van der Waals surface area (Å²) in [5, 5.41) is 19.7. The zero-order chi connectivity index (χ0) is 17.3. The monoisotopic (exact) mass is 326 g/mol. The van der Waals surface area contributed by atoms with Crippen LogP contribution in [0.25, 0.3) is 11.1 Å². The zero-order valence-corrected chi connectivity index (χ0v) is 12.6. The second-order valence-electron chi connectivity index (χ2n) is 5.59. The number of carbonyl (C=O) groups excluding carboxylic acids is 1. The summed E-state index contributed by atoms with van der Waals surface area (Å²) in [5.41, 5.74) is 2.35. The topological polar surface area (TPSA) is 101 Å². The van der Waals surface area contributed by atoms with Crippen molar-refractivity contribution < 1.29 is 19.6 Å². The van der Waals surface area contributed by atoms with Gasteiger partial charge in [0.2, 0.25) is 5.91 Å². The van der Waals surface area contributed by atoms with Gasteiger partial charge in [0.05, 0.1) is 10.8 Å². The second kappa shape index (κ2) is 6.11. The van der Waals surface area contributed by atoms with Crippen molar-refractivity contribution in [3.05, 3.63) is 58.6 Å². The van der Waals surface area contributed by atoms with E-state index in [-0.39, 0.29) is 24.6 Å². The zero-order valence-electron chi connectivity index (χ0n) is 12.6. The highest BCUT2D eigenvalue weighted by Gasteiger charge is 2.34. The fraction of sp³-hybridized carbons (Fsp3) is 0.176. The number of hydrogen-bond donors (Lipinski definition) is 1. The molecule has 1 aliphatic heterocycles. The van der Waals surface area contributed by atoms with Crippen LogP contribution in [0.15, 0.2) is 48.5 Å². The Hall–Kier alpha value is -3.22. The third-order valence-corrected chi connectivity index (χ3v) is 4.06. The van der Waals surface area contributed by atoms with E-state index in [0.29, 0.717) is 5.69 Å². The number of carboxylic acids is 1. The van der Waals surface area contributed by atoms with E-state index in [2.05, 4.69) is 0 Å². The van der Waals surface area contributed by atoms with E-state index in [1.165, 1.54) is 17.0 Å². The first-order valence-corrected chi connectivity index (χ1v) is 7.34. The molecule has 0 aliphatic carbocycles. The molecule has 0 aromatic heterocycles. The maximum atomic E-state index is 11.9. The first kappa shape index (κ1) is 15.7. The molecule has 122 valence electrons. The van der Waals surface area contributed by atoms with Gasteiger partial charge in [0.1, 0.15) is 0 Å². The Morgan fingerprint density at radius 1 is 1.08 bits per heavy atom. The van der Waals surface area contributed by atoms with Crippen LogP contribution in [0.3, 0.4) is 0 Å². The van der Waals surface area contributed by atoms with Gasteiger partial charge in [-0.05, 0) is 35.4 Å². The average molecular weight is 326 g/mol. The number of amides is 1. The van der Waals surface area contributed by atoms with Gasteiger partial charge < -0.3 is 10.0 Å². The number of rotatable bonds is 4. The van der Waals surface area contributed by atoms with Gasteiger partial charge in [-0.15, -0.1) is 0 Å². The van der Waals surface area contributed by atoms with Gasteiger partial charge in [0, 0.05) is 30.8 Å². The summed E-state index contributed by atoms with van der Waals surface area (Å²) in [6.07, 6.45) is 0.0133. The number of nitro groups is 1. The standard InChI is InChI=1S/C17H14N2O5/c20-16-9-13(17(21)22)10-18(16)14-5-1-11(2-6-14)12-3-7-15(8-4-12)19(23)24/h1-8,13H,9-10H2,(H,21,22)/t13-/m0/s1. The molecule has 7 heteroatoms. The molecule has 0 spiro atoms. The van der Waals surface area contributed by atoms with Gasteiger partial charge >= 0.3 is 5.97 Å². The molecule has 2 aromatic rings. The quantitative estimate of drug-likeness (QED) is 0.687. The van der Waals surface area contributed by atoms with Gasteiger partial charge in [-0.3, -0.25) is 19.7 Å². The summed E-state index contributed by atoms with van der Waals surface area (Å²) in [6, 6.07) is 13.3. The van der Waals surface area contributed by atoms with Crippen molar-refractivity contribution in [2.24, 2.45) is 5.92 Å². The van der Waals surface area contributed by atoms with E-state index >= 15 is 0 Å². The van der Waals surface area contributed by atoms with Gasteiger partial charge in [0.25, 0.3) is 5.69 Å². The smallest absolute Gasteiger partial charge is 0.308 e. The van der Waals surface area contributed by atoms with Crippen LogP contribution in [-0.4, -0.2) is 28.5 Å². The van der Waals surface area contributed by atoms with Crippen molar-refractivity contribution in [3.63, 3.8) is 0 Å². The summed E-state index contributed by atoms with van der Waals surface area (Å²) in [6.45, 7) is 0.172. The lowest BCUT2D eigenvalue weighted by molar-refractivity contribution is -0.384. The number of nitro benzene ring substituents is 1. The Morgan fingerprint density at radius 3 is 2.08 bits per heavy atom. The number of benzene rings is 2. The Kier molecular flexibility index (Phi) is 3.99. The van der Waals surface area contributed by atoms with E-state index < -0.39 is 16.8 Å². The Balaban J connectivity index is 1.79. The summed E-state index contributed by atoms with van der Waals surface area (Å²) in [7, 11) is 0. The fourth-order valence-corrected chi connectivity index (χ4v) is 2.73. The predicted octanol–water partition coefficient (Wildman–Crippen LogP) is 2.70. The van der Waals surface area contributed by atoms with Crippen LogP contribution < -0.4 is 4.90 Å². The lowest BCUT2D eigenvalue weighted by atomic mass is 10.0. The molecule has 1 N–H and O–H groups in total. The van der Waals surface area contributed by atoms with Crippen LogP contribution >= 0.6 is 0 Å². The van der Waals surface area contributed by atoms with E-state index in [4.69, 9.17) is 5.11 Å². The normalized spacial score (nSPS) is 17.1. The number of nitrogens with zero attached hydrogens (tertiary/aromatic N) is 2. The summed E-state index contributed by atoms with van der Waals surface area (Å²) in [5.74, 6) is -1.84. The lowest BCUT2D eigenvalue weighted by Gasteiger charge is -2.16. The highest BCUT2D eigenvalue weighted by molar-refractivity contribution is 5.99. The Morgan fingerprint density at radius 2 is 1.62 bits per heavy atom. The second-order valence-corrected chi connectivity index (χ2v) is 5.59. The Labute approximate surface area is 137 Å². The molecule has 0 bridgehead atoms. The maximum Gasteiger partial charge on any atom is 0.308 e. The molecule has 0 unspecified atom stereocenters. The van der Waals surface area contributed by atoms with Crippen LogP contribution in [0, 0.1) is 16.0 Å². The number of carbonyl (C=O) groups is 2. The summed E-state index contributed by atoms with van der Waals surface area (Å²) >= 11 is 0. The molecule has 7 nitrogen and oxygen atoms in total. The number of hydrogen-bond acceptors (Lipinski definition) is 4. The summed E-state index contributed by atoms with van der Waals surface area (Å²) < 4.78 is 0. The van der Waals surface area contributed by atoms with Crippen molar-refractivity contribution in [1.29, 1.82) is 0 Å². The molecule has 1 aliphatic rings. The van der Waals surface area contributed by atoms with Gasteiger partial charge in [-0.2, -0.15) is 0 Å². The Bertz CT molecular complexity index is 799. The molecule has 24 heavy (non-hydrogen) atoms. The van der Waals surface area contributed by atoms with Crippen molar-refractivity contribution in [2.45, 2.75) is 6.42 Å². The van der Waals surface area contributed by atoms with Crippen LogP contribution in [0.2, 0.25) is 0 Å². The molecule has 1 heterocycles. The van der Waals surface area contributed by atoms with Gasteiger partial charge in [0.15, 0.2) is 0 Å². The molecule has 1 amide bonds. The number of aliphatic carboxylic acids is 1. The van der Waals surface area contributed by atoms with Crippen LogP contribution in [-0.2, 0) is 9.59 Å². The van der Waals surface area contributed by atoms with Crippen LogP contribution in [0.1, 0.15) is 6.42 Å². The minimum atomic E-state index is -0.964. The minimum Gasteiger partial charge on any atom is -0.481 e. The highest BCUT2D eigenvalue weighted by atomic mass is 16.6. The SMILES string of the molecule is O=C(O)[C@H]1CC(=O)N(c2ccc(-c3ccc([N+](=O)[O-])cc3)cc2)C1. The summed E-state index contributed by atoms with van der Waals surface area (Å²) in [4.78, 5) is 34.6. The number of non-ortho nitro benzene ring substituents is 1. The first-order chi connectivity index (χ1) is 11.5. The average Bonchev–Trinajstić information content (AvgIpc) is 2.97. The first-order valence-electron chi connectivity index (χ1n) is 7.34. The molecule has 1 atom stereocenters. The molecule has 1 fully saturated rings. The van der Waals surface area contributed by atoms with Crippen molar-refractivity contribution in [3.8, 4) is 11.1 Å². The largest absolute Gasteiger partial charge is 0.481 e. The van der Waals surface area contributed by atoms with Gasteiger partial charge in [-0.1, -0.05) is 12.1 Å². The predicted molar refractivity (Wildman–Crippen MR) is 86.6 cm³/mol. The van der Waals surface area contributed by atoms with E-state index in [1.54, 1.807) is 36.4 Å². The highest BCUT2D eigenvalue weighted by Crippen LogP contribution is 2.28. The van der Waals surface area contributed by atoms with Crippen molar-refractivity contribution >= 4 is 23.3 Å². The van der Waals surface area contributed by atoms with Crippen molar-refractivity contribution in [1.82, 2.24) is 0 Å². The number of carboxylic acid groups (broad SMARTS) is 1. The molecular weight excluding hydrogens is 312 g/mol. The van der Waals surface area contributed by atoms with Crippen molar-refractivity contribution in [2.75, 3.05) is 11.4 Å². The maximum absolute atomic E-state index is 11.9. The number of anilines is 1. The third kappa shape index (κ3) is 2.96. The van der Waals surface area contributed by atoms with Crippen LogP contribution in [0.5, 0.6) is 0 Å². The molecule has 1 saturated heterocycles.